The van der Waals surface area contributed by atoms with E-state index in [0.29, 0.717) is 26.4 Å². The summed E-state index contributed by atoms with van der Waals surface area (Å²) in [7, 11) is 0. The molecule has 2 aliphatic rings. The number of hydrogen-bond acceptors (Lipinski definition) is 6. The van der Waals surface area contributed by atoms with Crippen LogP contribution in [0.1, 0.15) is 32.1 Å². The highest BCUT2D eigenvalue weighted by Gasteiger charge is 2.14. The number of rotatable bonds is 10. The molecule has 0 aromatic rings. The normalized spacial score (nSPS) is 21.7. The second kappa shape index (κ2) is 11.3. The second-order valence-electron chi connectivity index (χ2n) is 5.21. The van der Waals surface area contributed by atoms with E-state index in [4.69, 9.17) is 28.4 Å². The molecular formula is C15H28O6. The Bertz CT molecular complexity index is 214. The van der Waals surface area contributed by atoms with Crippen molar-refractivity contribution >= 4 is 0 Å². The zero-order valence-corrected chi connectivity index (χ0v) is 12.8. The van der Waals surface area contributed by atoms with Crippen LogP contribution in [-0.4, -0.2) is 65.4 Å². The Labute approximate surface area is 127 Å². The number of ether oxygens (including phenoxy) is 6. The fourth-order valence-corrected chi connectivity index (χ4v) is 2.23. The first kappa shape index (κ1) is 17.1. The van der Waals surface area contributed by atoms with Crippen molar-refractivity contribution < 1.29 is 28.4 Å². The van der Waals surface area contributed by atoms with Crippen LogP contribution in [0.2, 0.25) is 0 Å². The fourth-order valence-electron chi connectivity index (χ4n) is 2.23. The van der Waals surface area contributed by atoms with Gasteiger partial charge >= 0.3 is 0 Å². The Morgan fingerprint density at radius 1 is 0.619 bits per heavy atom. The van der Waals surface area contributed by atoms with Gasteiger partial charge in [0.1, 0.15) is 0 Å². The van der Waals surface area contributed by atoms with Crippen LogP contribution in [0, 0.1) is 0 Å². The minimum atomic E-state index is -0.0782. The molecule has 2 heterocycles. The predicted molar refractivity (Wildman–Crippen MR) is 76.1 cm³/mol. The maximum absolute atomic E-state index is 5.54. The molecule has 6 nitrogen and oxygen atoms in total. The molecule has 0 bridgehead atoms. The summed E-state index contributed by atoms with van der Waals surface area (Å²) in [5.74, 6) is 0. The van der Waals surface area contributed by atoms with Crippen molar-refractivity contribution in [2.75, 3.05) is 52.9 Å². The lowest BCUT2D eigenvalue weighted by Crippen LogP contribution is -2.26. The molecule has 124 valence electrons. The van der Waals surface area contributed by atoms with E-state index in [1.54, 1.807) is 0 Å². The molecule has 21 heavy (non-hydrogen) atoms. The SMILES string of the molecule is C(COCCC1OCCCO1)COCCC1OCCCO1. The summed E-state index contributed by atoms with van der Waals surface area (Å²) >= 11 is 0. The average Bonchev–Trinajstić information content (AvgIpc) is 2.55. The van der Waals surface area contributed by atoms with Crippen LogP contribution in [0.3, 0.4) is 0 Å². The first-order valence-corrected chi connectivity index (χ1v) is 8.07. The Morgan fingerprint density at radius 3 is 1.48 bits per heavy atom. The maximum Gasteiger partial charge on any atom is 0.159 e. The second-order valence-corrected chi connectivity index (χ2v) is 5.21. The summed E-state index contributed by atoms with van der Waals surface area (Å²) in [6.45, 7) is 5.97. The van der Waals surface area contributed by atoms with Crippen molar-refractivity contribution in [1.29, 1.82) is 0 Å². The zero-order chi connectivity index (χ0) is 14.6. The molecule has 2 fully saturated rings. The first-order valence-electron chi connectivity index (χ1n) is 8.07. The van der Waals surface area contributed by atoms with Crippen LogP contribution in [0.25, 0.3) is 0 Å². The lowest BCUT2D eigenvalue weighted by atomic mass is 10.4. The topological polar surface area (TPSA) is 55.4 Å². The van der Waals surface area contributed by atoms with Crippen LogP contribution in [0.15, 0.2) is 0 Å². The molecule has 0 aliphatic carbocycles. The molecule has 2 rings (SSSR count). The molecule has 0 unspecified atom stereocenters. The summed E-state index contributed by atoms with van der Waals surface area (Å²) in [5.41, 5.74) is 0. The Kier molecular flexibility index (Phi) is 9.25. The van der Waals surface area contributed by atoms with E-state index in [1.165, 1.54) is 0 Å². The third-order valence-electron chi connectivity index (χ3n) is 3.37. The van der Waals surface area contributed by atoms with Gasteiger partial charge in [0.2, 0.25) is 0 Å². The highest BCUT2D eigenvalue weighted by Crippen LogP contribution is 2.09. The van der Waals surface area contributed by atoms with Crippen LogP contribution in [0.5, 0.6) is 0 Å². The predicted octanol–water partition coefficient (Wildman–Crippen LogP) is 1.72. The molecule has 0 atom stereocenters. The van der Waals surface area contributed by atoms with Gasteiger partial charge in [0.15, 0.2) is 12.6 Å². The van der Waals surface area contributed by atoms with Crippen molar-refractivity contribution in [1.82, 2.24) is 0 Å². The van der Waals surface area contributed by atoms with E-state index >= 15 is 0 Å². The maximum atomic E-state index is 5.54. The van der Waals surface area contributed by atoms with Gasteiger partial charge in [-0.1, -0.05) is 0 Å². The number of hydrogen-bond donors (Lipinski definition) is 0. The summed E-state index contributed by atoms with van der Waals surface area (Å²) in [6, 6.07) is 0. The molecule has 0 N–H and O–H groups in total. The van der Waals surface area contributed by atoms with Crippen molar-refractivity contribution in [3.63, 3.8) is 0 Å². The lowest BCUT2D eigenvalue weighted by molar-refractivity contribution is -0.187. The van der Waals surface area contributed by atoms with Crippen molar-refractivity contribution in [3.8, 4) is 0 Å². The van der Waals surface area contributed by atoms with Crippen LogP contribution in [0.4, 0.5) is 0 Å². The van der Waals surface area contributed by atoms with Gasteiger partial charge in [-0.15, -0.1) is 0 Å². The highest BCUT2D eigenvalue weighted by molar-refractivity contribution is 4.52. The van der Waals surface area contributed by atoms with E-state index in [1.807, 2.05) is 0 Å². The van der Waals surface area contributed by atoms with Gasteiger partial charge in [-0.3, -0.25) is 0 Å². The van der Waals surface area contributed by atoms with Crippen LogP contribution < -0.4 is 0 Å². The molecule has 0 aromatic carbocycles. The van der Waals surface area contributed by atoms with Gasteiger partial charge in [-0.25, -0.2) is 0 Å². The minimum Gasteiger partial charge on any atom is -0.381 e. The van der Waals surface area contributed by atoms with E-state index < -0.39 is 0 Å². The quantitative estimate of drug-likeness (QED) is 0.573. The van der Waals surface area contributed by atoms with E-state index in [2.05, 4.69) is 0 Å². The van der Waals surface area contributed by atoms with E-state index in [9.17, 15) is 0 Å². The minimum absolute atomic E-state index is 0.0782. The van der Waals surface area contributed by atoms with Crippen molar-refractivity contribution in [3.05, 3.63) is 0 Å². The van der Waals surface area contributed by atoms with Gasteiger partial charge in [0.05, 0.1) is 39.6 Å². The Morgan fingerprint density at radius 2 is 1.05 bits per heavy atom. The average molecular weight is 304 g/mol. The smallest absolute Gasteiger partial charge is 0.159 e. The lowest BCUT2D eigenvalue weighted by Gasteiger charge is -2.23. The summed E-state index contributed by atoms with van der Waals surface area (Å²) in [6.07, 6.45) is 4.33. The van der Waals surface area contributed by atoms with Gasteiger partial charge in [-0.2, -0.15) is 0 Å². The van der Waals surface area contributed by atoms with Crippen LogP contribution in [-0.2, 0) is 28.4 Å². The van der Waals surface area contributed by atoms with Gasteiger partial charge in [0.25, 0.3) is 0 Å². The van der Waals surface area contributed by atoms with E-state index in [-0.39, 0.29) is 12.6 Å². The summed E-state index contributed by atoms with van der Waals surface area (Å²) in [5, 5.41) is 0. The molecule has 0 amide bonds. The molecule has 0 radical (unpaired) electrons. The third-order valence-corrected chi connectivity index (χ3v) is 3.37. The summed E-state index contributed by atoms with van der Waals surface area (Å²) < 4.78 is 32.9. The molecule has 2 saturated heterocycles. The molecule has 0 saturated carbocycles. The third kappa shape index (κ3) is 8.09. The molecule has 2 aliphatic heterocycles. The van der Waals surface area contributed by atoms with Crippen molar-refractivity contribution in [2.24, 2.45) is 0 Å². The molecule has 0 aromatic heterocycles. The highest BCUT2D eigenvalue weighted by atomic mass is 16.7. The fraction of sp³-hybridized carbons (Fsp3) is 1.00. The van der Waals surface area contributed by atoms with Crippen molar-refractivity contribution in [2.45, 2.75) is 44.7 Å². The largest absolute Gasteiger partial charge is 0.381 e. The Balaban J connectivity index is 1.30. The van der Waals surface area contributed by atoms with Crippen LogP contribution >= 0.6 is 0 Å². The molecule has 0 spiro atoms. The van der Waals surface area contributed by atoms with Gasteiger partial charge in [0, 0.05) is 26.1 Å². The van der Waals surface area contributed by atoms with Gasteiger partial charge in [-0.05, 0) is 19.3 Å². The van der Waals surface area contributed by atoms with Gasteiger partial charge < -0.3 is 28.4 Å². The summed E-state index contributed by atoms with van der Waals surface area (Å²) in [4.78, 5) is 0. The molecule has 6 heteroatoms. The monoisotopic (exact) mass is 304 g/mol. The standard InChI is InChI=1S/C15H28O6/c1(6-16-12-4-14-18-8-2-9-19-14)7-17-13-5-15-20-10-3-11-21-15/h14-15H,1-13H2. The Hall–Kier alpha value is -0.240. The zero-order valence-electron chi connectivity index (χ0n) is 12.8. The molecular weight excluding hydrogens is 276 g/mol. The van der Waals surface area contributed by atoms with E-state index in [0.717, 1.165) is 58.5 Å². The first-order chi connectivity index (χ1) is 10.4.